The summed E-state index contributed by atoms with van der Waals surface area (Å²) in [6.07, 6.45) is 7.35. The number of hydrogen-bond acceptors (Lipinski definition) is 9. The molecule has 0 spiro atoms. The number of aromatic nitrogens is 2. The van der Waals surface area contributed by atoms with Gasteiger partial charge in [0.25, 0.3) is 0 Å². The number of nitrogens with one attached hydrogen (secondary N) is 3. The molecule has 3 heterocycles. The van der Waals surface area contributed by atoms with E-state index in [4.69, 9.17) is 4.18 Å². The van der Waals surface area contributed by atoms with Crippen molar-refractivity contribution in [2.24, 2.45) is 0 Å². The zero-order valence-corrected chi connectivity index (χ0v) is 25.7. The highest BCUT2D eigenvalue weighted by atomic mass is 32.2. The van der Waals surface area contributed by atoms with Gasteiger partial charge in [0, 0.05) is 58.9 Å². The van der Waals surface area contributed by atoms with Crippen molar-refractivity contribution in [3.05, 3.63) is 103 Å². The second-order valence-electron chi connectivity index (χ2n) is 11.1. The molecule has 1 fully saturated rings. The Morgan fingerprint density at radius 3 is 2.23 bits per heavy atom. The molecule has 0 amide bonds. The molecule has 0 bridgehead atoms. The lowest BCUT2D eigenvalue weighted by Crippen LogP contribution is -2.63. The highest BCUT2D eigenvalue weighted by Crippen LogP contribution is 2.32. The summed E-state index contributed by atoms with van der Waals surface area (Å²) >= 11 is 0. The number of sulfonamides is 1. The second kappa shape index (κ2) is 12.2. The maximum Gasteiger partial charge on any atom is 0.339 e. The van der Waals surface area contributed by atoms with Gasteiger partial charge >= 0.3 is 10.1 Å². The average molecular weight is 632 g/mol. The quantitative estimate of drug-likeness (QED) is 0.208. The molecular formula is C32H33N5O5S2. The van der Waals surface area contributed by atoms with Crippen molar-refractivity contribution >= 4 is 41.7 Å². The van der Waals surface area contributed by atoms with Gasteiger partial charge in [0.1, 0.15) is 10.6 Å². The Kier molecular flexibility index (Phi) is 8.36. The van der Waals surface area contributed by atoms with Gasteiger partial charge in [-0.15, -0.1) is 0 Å². The van der Waals surface area contributed by atoms with Gasteiger partial charge < -0.3 is 14.8 Å². The summed E-state index contributed by atoms with van der Waals surface area (Å²) in [7, 11) is -8.30. The van der Waals surface area contributed by atoms with Crippen molar-refractivity contribution in [1.29, 1.82) is 0 Å². The van der Waals surface area contributed by atoms with Crippen molar-refractivity contribution in [2.75, 3.05) is 19.6 Å². The van der Waals surface area contributed by atoms with Crippen LogP contribution in [0.25, 0.3) is 21.5 Å². The summed E-state index contributed by atoms with van der Waals surface area (Å²) in [5.41, 5.74) is -0.559. The van der Waals surface area contributed by atoms with E-state index in [1.54, 1.807) is 79.3 Å². The van der Waals surface area contributed by atoms with Crippen molar-refractivity contribution in [3.63, 3.8) is 0 Å². The van der Waals surface area contributed by atoms with Gasteiger partial charge in [0.05, 0.1) is 10.4 Å². The number of pyridine rings is 2. The van der Waals surface area contributed by atoms with Crippen molar-refractivity contribution in [1.82, 2.24) is 25.3 Å². The van der Waals surface area contributed by atoms with Crippen molar-refractivity contribution < 1.29 is 21.0 Å². The zero-order chi connectivity index (χ0) is 30.8. The molecule has 2 unspecified atom stereocenters. The molecule has 44 heavy (non-hydrogen) atoms. The molecule has 2 aromatic heterocycles. The largest absolute Gasteiger partial charge is 0.379 e. The van der Waals surface area contributed by atoms with Gasteiger partial charge in [0.2, 0.25) is 10.0 Å². The first-order chi connectivity index (χ1) is 21.2. The lowest BCUT2D eigenvalue weighted by atomic mass is 9.86. The third kappa shape index (κ3) is 6.17. The van der Waals surface area contributed by atoms with Gasteiger partial charge in [-0.05, 0) is 68.8 Å². The van der Waals surface area contributed by atoms with Gasteiger partial charge in [0.15, 0.2) is 0 Å². The maximum atomic E-state index is 14.1. The van der Waals surface area contributed by atoms with Crippen molar-refractivity contribution in [2.45, 2.75) is 41.1 Å². The fourth-order valence-electron chi connectivity index (χ4n) is 5.78. The minimum atomic E-state index is -4.25. The van der Waals surface area contributed by atoms with Gasteiger partial charge in [-0.2, -0.15) is 8.42 Å². The molecular weight excluding hydrogens is 599 g/mol. The Morgan fingerprint density at radius 2 is 1.50 bits per heavy atom. The highest BCUT2D eigenvalue weighted by Gasteiger charge is 2.40. The summed E-state index contributed by atoms with van der Waals surface area (Å²) in [5.74, 6) is 0.127. The van der Waals surface area contributed by atoms with Crippen LogP contribution in [-0.2, 0) is 26.6 Å². The van der Waals surface area contributed by atoms with Crippen LogP contribution in [0.15, 0.2) is 107 Å². The first kappa shape index (κ1) is 30.1. The van der Waals surface area contributed by atoms with Crippen molar-refractivity contribution in [3.8, 4) is 5.75 Å². The summed E-state index contributed by atoms with van der Waals surface area (Å²) in [6, 6.07) is 19.8. The second-order valence-corrected chi connectivity index (χ2v) is 14.3. The molecule has 1 aliphatic heterocycles. The number of para-hydroxylation sites is 1. The van der Waals surface area contributed by atoms with Crippen LogP contribution in [0.2, 0.25) is 0 Å². The molecule has 3 aromatic carbocycles. The third-order valence-corrected chi connectivity index (χ3v) is 10.9. The number of nitrogens with zero attached hydrogens (tertiary/aromatic N) is 2. The lowest BCUT2D eigenvalue weighted by Gasteiger charge is -2.39. The van der Waals surface area contributed by atoms with Gasteiger partial charge in [-0.25, -0.2) is 13.1 Å². The van der Waals surface area contributed by atoms with Crippen LogP contribution >= 0.6 is 0 Å². The van der Waals surface area contributed by atoms with E-state index in [0.29, 0.717) is 40.2 Å². The van der Waals surface area contributed by atoms with Crippen LogP contribution in [0, 0.1) is 0 Å². The Balaban J connectivity index is 1.38. The third-order valence-electron chi connectivity index (χ3n) is 7.98. The summed E-state index contributed by atoms with van der Waals surface area (Å²) in [5, 5.41) is 9.33. The molecule has 228 valence electrons. The normalized spacial score (nSPS) is 17.6. The minimum absolute atomic E-state index is 0.0238. The zero-order valence-electron chi connectivity index (χ0n) is 24.1. The summed E-state index contributed by atoms with van der Waals surface area (Å²) in [4.78, 5) is 8.38. The molecule has 0 saturated carbocycles. The van der Waals surface area contributed by atoms with E-state index in [-0.39, 0.29) is 28.0 Å². The summed E-state index contributed by atoms with van der Waals surface area (Å²) < 4.78 is 64.3. The molecule has 2 atom stereocenters. The van der Waals surface area contributed by atoms with Crippen LogP contribution < -0.4 is 19.5 Å². The first-order valence-corrected chi connectivity index (χ1v) is 17.2. The van der Waals surface area contributed by atoms with Crippen LogP contribution in [0.5, 0.6) is 5.75 Å². The van der Waals surface area contributed by atoms with E-state index in [9.17, 15) is 16.8 Å². The molecule has 0 radical (unpaired) electrons. The fourth-order valence-corrected chi connectivity index (χ4v) is 8.64. The average Bonchev–Trinajstić information content (AvgIpc) is 3.32. The topological polar surface area (TPSA) is 139 Å². The first-order valence-electron chi connectivity index (χ1n) is 14.3. The van der Waals surface area contributed by atoms with E-state index in [2.05, 4.69) is 25.3 Å². The van der Waals surface area contributed by atoms with Crippen LogP contribution in [0.1, 0.15) is 18.9 Å². The maximum absolute atomic E-state index is 14.1. The molecule has 10 nitrogen and oxygen atoms in total. The Bertz CT molecular complexity index is 2020. The SMILES string of the molecule is CC(Cc1ccccc1OS(=O)(=O)c1cccc2cnccc12)(NS(=O)(=O)c1cccc2cnccc12)C1CNCCCN1. The van der Waals surface area contributed by atoms with Crippen LogP contribution in [-0.4, -0.2) is 58.0 Å². The Hall–Kier alpha value is -3.94. The number of benzene rings is 3. The predicted octanol–water partition coefficient (Wildman–Crippen LogP) is 3.78. The minimum Gasteiger partial charge on any atom is -0.379 e. The predicted molar refractivity (Wildman–Crippen MR) is 169 cm³/mol. The monoisotopic (exact) mass is 631 g/mol. The summed E-state index contributed by atoms with van der Waals surface area (Å²) in [6.45, 7) is 3.83. The Labute approximate surface area is 257 Å². The lowest BCUT2D eigenvalue weighted by molar-refractivity contribution is 0.291. The molecule has 0 aliphatic carbocycles. The highest BCUT2D eigenvalue weighted by molar-refractivity contribution is 7.89. The van der Waals surface area contributed by atoms with Crippen LogP contribution in [0.3, 0.4) is 0 Å². The smallest absolute Gasteiger partial charge is 0.339 e. The molecule has 1 saturated heterocycles. The number of hydrogen-bond donors (Lipinski definition) is 3. The molecule has 12 heteroatoms. The number of rotatable bonds is 9. The number of fused-ring (bicyclic) bond motifs is 2. The van der Waals surface area contributed by atoms with E-state index in [1.807, 2.05) is 13.0 Å². The molecule has 5 aromatic rings. The van der Waals surface area contributed by atoms with Gasteiger partial charge in [-0.1, -0.05) is 42.5 Å². The van der Waals surface area contributed by atoms with E-state index in [1.165, 1.54) is 12.3 Å². The van der Waals surface area contributed by atoms with E-state index in [0.717, 1.165) is 13.0 Å². The molecule has 3 N–H and O–H groups in total. The standard InChI is InChI=1S/C32H33N5O5S2/c1-32(31-22-33-15-6-16-36-31,37-43(38,39)29-11-4-8-24-20-34-17-13-26(24)29)19-23-7-2-3-10-28(23)42-44(40,41)30-12-5-9-25-21-35-18-14-27(25)30/h2-5,7-14,17-18,20-21,31,33,36-37H,6,15-16,19,22H2,1H3. The molecule has 1 aliphatic rings. The fraction of sp³-hybridized carbons (Fsp3) is 0.250. The van der Waals surface area contributed by atoms with E-state index >= 15 is 0 Å². The molecule has 6 rings (SSSR count). The Morgan fingerprint density at radius 1 is 0.841 bits per heavy atom. The van der Waals surface area contributed by atoms with Gasteiger partial charge in [-0.3, -0.25) is 9.97 Å². The van der Waals surface area contributed by atoms with Crippen LogP contribution in [0.4, 0.5) is 0 Å². The van der Waals surface area contributed by atoms with E-state index < -0.39 is 25.7 Å².